The third-order valence-corrected chi connectivity index (χ3v) is 4.10. The van der Waals surface area contributed by atoms with E-state index in [1.165, 1.54) is 22.3 Å². The van der Waals surface area contributed by atoms with Gasteiger partial charge in [0.1, 0.15) is 0 Å². The third-order valence-electron chi connectivity index (χ3n) is 4.10. The lowest BCUT2D eigenvalue weighted by Gasteiger charge is -2.27. The molecule has 0 aliphatic carbocycles. The lowest BCUT2D eigenvalue weighted by atomic mass is 9.94. The highest BCUT2D eigenvalue weighted by Crippen LogP contribution is 2.23. The minimum atomic E-state index is 0.0842. The second-order valence-corrected chi connectivity index (χ2v) is 6.21. The largest absolute Gasteiger partial charge is 0.377 e. The fourth-order valence-electron chi connectivity index (χ4n) is 3.39. The molecule has 1 saturated heterocycles. The molecular weight excluding hydrogens is 248 g/mol. The Morgan fingerprint density at radius 2 is 1.95 bits per heavy atom. The van der Waals surface area contributed by atoms with E-state index in [0.717, 1.165) is 32.7 Å². The normalized spacial score (nSPS) is 22.6. The molecule has 0 aromatic heterocycles. The van der Waals surface area contributed by atoms with Crippen LogP contribution in [0.2, 0.25) is 0 Å². The van der Waals surface area contributed by atoms with Gasteiger partial charge in [-0.25, -0.2) is 0 Å². The first-order chi connectivity index (χ1) is 9.47. The summed E-state index contributed by atoms with van der Waals surface area (Å²) in [4.78, 5) is 2.45. The molecule has 2 atom stereocenters. The smallest absolute Gasteiger partial charge is 0.0673 e. The number of ether oxygens (including phenoxy) is 1. The summed E-state index contributed by atoms with van der Waals surface area (Å²) in [6, 6.07) is 4.55. The molecule has 1 heterocycles. The Morgan fingerprint density at radius 3 is 2.60 bits per heavy atom. The van der Waals surface area contributed by atoms with Gasteiger partial charge in [0.25, 0.3) is 0 Å². The topological polar surface area (TPSA) is 38.5 Å². The third kappa shape index (κ3) is 3.81. The SMILES string of the molecule is Cc1cc(C)c(C(N)CN2CCCOC(C)C2)c(C)c1. The summed E-state index contributed by atoms with van der Waals surface area (Å²) in [6.45, 7) is 12.5. The van der Waals surface area contributed by atoms with Crippen molar-refractivity contribution in [2.45, 2.75) is 46.3 Å². The van der Waals surface area contributed by atoms with E-state index in [0.29, 0.717) is 6.10 Å². The Hall–Kier alpha value is -0.900. The fourth-order valence-corrected chi connectivity index (χ4v) is 3.39. The van der Waals surface area contributed by atoms with E-state index in [-0.39, 0.29) is 6.04 Å². The highest BCUT2D eigenvalue weighted by molar-refractivity contribution is 5.39. The number of hydrogen-bond donors (Lipinski definition) is 1. The minimum Gasteiger partial charge on any atom is -0.377 e. The van der Waals surface area contributed by atoms with Crippen molar-refractivity contribution in [2.75, 3.05) is 26.2 Å². The predicted octanol–water partition coefficient (Wildman–Crippen LogP) is 2.72. The first kappa shape index (κ1) is 15.5. The number of rotatable bonds is 3. The zero-order chi connectivity index (χ0) is 14.7. The summed E-state index contributed by atoms with van der Waals surface area (Å²) < 4.78 is 5.70. The molecule has 1 aliphatic heterocycles. The highest BCUT2D eigenvalue weighted by atomic mass is 16.5. The zero-order valence-electron chi connectivity index (χ0n) is 13.3. The van der Waals surface area contributed by atoms with Gasteiger partial charge in [0, 0.05) is 32.3 Å². The van der Waals surface area contributed by atoms with E-state index in [9.17, 15) is 0 Å². The Bertz CT molecular complexity index is 435. The predicted molar refractivity (Wildman–Crippen MR) is 84.1 cm³/mol. The standard InChI is InChI=1S/C17H28N2O/c1-12-8-13(2)17(14(3)9-12)16(18)11-19-6-5-7-20-15(4)10-19/h8-9,15-16H,5-7,10-11,18H2,1-4H3. The van der Waals surface area contributed by atoms with Gasteiger partial charge in [-0.05, 0) is 50.8 Å². The Morgan fingerprint density at radius 1 is 1.30 bits per heavy atom. The molecule has 112 valence electrons. The minimum absolute atomic E-state index is 0.0842. The van der Waals surface area contributed by atoms with Gasteiger partial charge in [-0.3, -0.25) is 4.90 Å². The van der Waals surface area contributed by atoms with E-state index in [4.69, 9.17) is 10.5 Å². The van der Waals surface area contributed by atoms with Crippen LogP contribution in [0.5, 0.6) is 0 Å². The summed E-state index contributed by atoms with van der Waals surface area (Å²) in [5, 5.41) is 0. The van der Waals surface area contributed by atoms with E-state index in [1.807, 2.05) is 0 Å². The average Bonchev–Trinajstić information content (AvgIpc) is 2.52. The Balaban J connectivity index is 2.09. The van der Waals surface area contributed by atoms with E-state index in [2.05, 4.69) is 44.7 Å². The number of aryl methyl sites for hydroxylation is 3. The van der Waals surface area contributed by atoms with Crippen LogP contribution in [0.1, 0.15) is 41.6 Å². The lowest BCUT2D eigenvalue weighted by molar-refractivity contribution is 0.0670. The van der Waals surface area contributed by atoms with Gasteiger partial charge in [-0.15, -0.1) is 0 Å². The molecule has 3 heteroatoms. The molecule has 0 bridgehead atoms. The molecule has 1 fully saturated rings. The van der Waals surface area contributed by atoms with Crippen molar-refractivity contribution >= 4 is 0 Å². The maximum Gasteiger partial charge on any atom is 0.0673 e. The molecule has 3 nitrogen and oxygen atoms in total. The van der Waals surface area contributed by atoms with Crippen molar-refractivity contribution in [3.63, 3.8) is 0 Å². The number of nitrogens with two attached hydrogens (primary N) is 1. The van der Waals surface area contributed by atoms with Crippen LogP contribution >= 0.6 is 0 Å². The van der Waals surface area contributed by atoms with Crippen molar-refractivity contribution < 1.29 is 4.74 Å². The molecule has 1 aromatic rings. The first-order valence-corrected chi connectivity index (χ1v) is 7.64. The summed E-state index contributed by atoms with van der Waals surface area (Å²) in [7, 11) is 0. The summed E-state index contributed by atoms with van der Waals surface area (Å²) in [5.41, 5.74) is 11.7. The molecule has 1 aromatic carbocycles. The zero-order valence-corrected chi connectivity index (χ0v) is 13.3. The molecule has 0 saturated carbocycles. The van der Waals surface area contributed by atoms with Crippen LogP contribution in [0.3, 0.4) is 0 Å². The van der Waals surface area contributed by atoms with Crippen LogP contribution in [0.15, 0.2) is 12.1 Å². The second-order valence-electron chi connectivity index (χ2n) is 6.21. The summed E-state index contributed by atoms with van der Waals surface area (Å²) >= 11 is 0. The van der Waals surface area contributed by atoms with E-state index >= 15 is 0 Å². The molecule has 0 radical (unpaired) electrons. The van der Waals surface area contributed by atoms with Crippen molar-refractivity contribution in [1.82, 2.24) is 4.90 Å². The van der Waals surface area contributed by atoms with E-state index in [1.54, 1.807) is 0 Å². The molecule has 2 unspecified atom stereocenters. The van der Waals surface area contributed by atoms with Gasteiger partial charge >= 0.3 is 0 Å². The van der Waals surface area contributed by atoms with Crippen LogP contribution in [0.4, 0.5) is 0 Å². The molecule has 0 spiro atoms. The quantitative estimate of drug-likeness (QED) is 0.922. The fraction of sp³-hybridized carbons (Fsp3) is 0.647. The number of benzene rings is 1. The van der Waals surface area contributed by atoms with Gasteiger partial charge in [-0.2, -0.15) is 0 Å². The highest BCUT2D eigenvalue weighted by Gasteiger charge is 2.20. The Labute approximate surface area is 123 Å². The molecule has 1 aliphatic rings. The molecule has 0 amide bonds. The van der Waals surface area contributed by atoms with Crippen LogP contribution in [-0.4, -0.2) is 37.2 Å². The van der Waals surface area contributed by atoms with Crippen molar-refractivity contribution in [2.24, 2.45) is 5.73 Å². The molecule has 2 N–H and O–H groups in total. The van der Waals surface area contributed by atoms with Gasteiger partial charge in [0.2, 0.25) is 0 Å². The number of nitrogens with zero attached hydrogens (tertiary/aromatic N) is 1. The average molecular weight is 276 g/mol. The van der Waals surface area contributed by atoms with Crippen LogP contribution in [0, 0.1) is 20.8 Å². The maximum atomic E-state index is 6.49. The maximum absolute atomic E-state index is 6.49. The van der Waals surface area contributed by atoms with Gasteiger partial charge in [0.05, 0.1) is 6.10 Å². The Kier molecular flexibility index (Phi) is 5.19. The second kappa shape index (κ2) is 6.70. The van der Waals surface area contributed by atoms with Crippen LogP contribution in [-0.2, 0) is 4.74 Å². The summed E-state index contributed by atoms with van der Waals surface area (Å²) in [5.74, 6) is 0. The van der Waals surface area contributed by atoms with Gasteiger partial charge in [-0.1, -0.05) is 17.7 Å². The van der Waals surface area contributed by atoms with Crippen molar-refractivity contribution in [1.29, 1.82) is 0 Å². The molecule has 20 heavy (non-hydrogen) atoms. The monoisotopic (exact) mass is 276 g/mol. The van der Waals surface area contributed by atoms with Gasteiger partial charge in [0.15, 0.2) is 0 Å². The van der Waals surface area contributed by atoms with Crippen LogP contribution < -0.4 is 5.73 Å². The van der Waals surface area contributed by atoms with E-state index < -0.39 is 0 Å². The molecule has 2 rings (SSSR count). The van der Waals surface area contributed by atoms with Crippen LogP contribution in [0.25, 0.3) is 0 Å². The lowest BCUT2D eigenvalue weighted by Crippen LogP contribution is -2.36. The van der Waals surface area contributed by atoms with Crippen molar-refractivity contribution in [3.8, 4) is 0 Å². The summed E-state index contributed by atoms with van der Waals surface area (Å²) in [6.07, 6.45) is 1.41. The first-order valence-electron chi connectivity index (χ1n) is 7.64. The van der Waals surface area contributed by atoms with Crippen molar-refractivity contribution in [3.05, 3.63) is 34.4 Å². The molecular formula is C17H28N2O. The number of hydrogen-bond acceptors (Lipinski definition) is 3. The van der Waals surface area contributed by atoms with Gasteiger partial charge < -0.3 is 10.5 Å².